The molecule has 0 unspecified atom stereocenters. The van der Waals surface area contributed by atoms with Gasteiger partial charge in [-0.1, -0.05) is 0 Å². The van der Waals surface area contributed by atoms with Crippen LogP contribution in [0.4, 0.5) is 5.82 Å². The molecule has 2 aliphatic heterocycles. The molecular formula is C19H24N4O3. The quantitative estimate of drug-likeness (QED) is 0.902. The highest BCUT2D eigenvalue weighted by atomic mass is 16.5. The van der Waals surface area contributed by atoms with Crippen molar-refractivity contribution < 1.29 is 13.9 Å². The van der Waals surface area contributed by atoms with E-state index in [0.717, 1.165) is 43.2 Å². The molecule has 1 N–H and O–H groups in total. The highest BCUT2D eigenvalue weighted by molar-refractivity contribution is 5.79. The minimum atomic E-state index is -0.0510. The van der Waals surface area contributed by atoms with Crippen molar-refractivity contribution in [2.24, 2.45) is 11.8 Å². The minimum absolute atomic E-state index is 0.0510. The third-order valence-corrected chi connectivity index (χ3v) is 5.33. The standard InChI is InChI=1S/C19H24N4O3/c1-13-4-5-18(22-21-13)23-8-6-17-16(12-23)15(7-10-26-17)19(24)20-11-14-3-2-9-25-14/h2-5,9,15-17H,6-8,10-12H2,1H3,(H,20,24)/t15-,16+,17-/m1/s1. The molecule has 3 atom stereocenters. The van der Waals surface area contributed by atoms with E-state index < -0.39 is 0 Å². The van der Waals surface area contributed by atoms with E-state index in [1.807, 2.05) is 31.2 Å². The molecule has 26 heavy (non-hydrogen) atoms. The topological polar surface area (TPSA) is 80.5 Å². The molecular weight excluding hydrogens is 332 g/mol. The number of hydrogen-bond donors (Lipinski definition) is 1. The molecule has 138 valence electrons. The van der Waals surface area contributed by atoms with E-state index >= 15 is 0 Å². The first-order valence-corrected chi connectivity index (χ1v) is 9.17. The van der Waals surface area contributed by atoms with Gasteiger partial charge in [-0.25, -0.2) is 0 Å². The molecule has 2 aromatic heterocycles. The predicted octanol–water partition coefficient (Wildman–Crippen LogP) is 1.93. The Hall–Kier alpha value is -2.41. The molecule has 2 fully saturated rings. The van der Waals surface area contributed by atoms with Gasteiger partial charge in [0.15, 0.2) is 5.82 Å². The van der Waals surface area contributed by atoms with Crippen LogP contribution in [0, 0.1) is 18.8 Å². The second kappa shape index (κ2) is 7.45. The highest BCUT2D eigenvalue weighted by Crippen LogP contribution is 2.34. The van der Waals surface area contributed by atoms with Gasteiger partial charge in [0.25, 0.3) is 0 Å². The van der Waals surface area contributed by atoms with Gasteiger partial charge < -0.3 is 19.4 Å². The number of furan rings is 1. The Balaban J connectivity index is 1.43. The number of nitrogens with one attached hydrogen (secondary N) is 1. The third kappa shape index (κ3) is 3.58. The van der Waals surface area contributed by atoms with E-state index in [1.54, 1.807) is 6.26 Å². The highest BCUT2D eigenvalue weighted by Gasteiger charge is 2.42. The second-order valence-corrected chi connectivity index (χ2v) is 7.03. The molecule has 4 heterocycles. The van der Waals surface area contributed by atoms with Crippen molar-refractivity contribution in [3.63, 3.8) is 0 Å². The van der Waals surface area contributed by atoms with Crippen molar-refractivity contribution in [2.45, 2.75) is 32.4 Å². The lowest BCUT2D eigenvalue weighted by atomic mass is 9.79. The van der Waals surface area contributed by atoms with Crippen molar-refractivity contribution in [1.29, 1.82) is 0 Å². The summed E-state index contributed by atoms with van der Waals surface area (Å²) in [5, 5.41) is 11.5. The molecule has 2 aliphatic rings. The fourth-order valence-corrected chi connectivity index (χ4v) is 3.93. The fourth-order valence-electron chi connectivity index (χ4n) is 3.93. The number of fused-ring (bicyclic) bond motifs is 1. The van der Waals surface area contributed by atoms with Crippen LogP contribution >= 0.6 is 0 Å². The van der Waals surface area contributed by atoms with Crippen molar-refractivity contribution in [3.8, 4) is 0 Å². The summed E-state index contributed by atoms with van der Waals surface area (Å²) in [6.07, 6.45) is 3.41. The van der Waals surface area contributed by atoms with Gasteiger partial charge in [0, 0.05) is 31.5 Å². The molecule has 4 rings (SSSR count). The maximum absolute atomic E-state index is 12.8. The lowest BCUT2D eigenvalue weighted by molar-refractivity contribution is -0.137. The van der Waals surface area contributed by atoms with E-state index in [1.165, 1.54) is 0 Å². The normalized spacial score (nSPS) is 25.6. The lowest BCUT2D eigenvalue weighted by Gasteiger charge is -2.44. The van der Waals surface area contributed by atoms with Crippen LogP contribution in [0.5, 0.6) is 0 Å². The molecule has 0 aliphatic carbocycles. The van der Waals surface area contributed by atoms with Gasteiger partial charge in [0.1, 0.15) is 5.76 Å². The smallest absolute Gasteiger partial charge is 0.224 e. The van der Waals surface area contributed by atoms with E-state index in [4.69, 9.17) is 9.15 Å². The summed E-state index contributed by atoms with van der Waals surface area (Å²) in [6, 6.07) is 7.66. The number of anilines is 1. The number of rotatable bonds is 4. The van der Waals surface area contributed by atoms with E-state index in [2.05, 4.69) is 20.4 Å². The minimum Gasteiger partial charge on any atom is -0.467 e. The zero-order chi connectivity index (χ0) is 17.9. The largest absolute Gasteiger partial charge is 0.467 e. The first-order chi connectivity index (χ1) is 12.7. The third-order valence-electron chi connectivity index (χ3n) is 5.33. The monoisotopic (exact) mass is 356 g/mol. The van der Waals surface area contributed by atoms with Crippen LogP contribution in [0.2, 0.25) is 0 Å². The average Bonchev–Trinajstić information content (AvgIpc) is 3.19. The van der Waals surface area contributed by atoms with Gasteiger partial charge in [0.2, 0.25) is 5.91 Å². The van der Waals surface area contributed by atoms with Crippen molar-refractivity contribution in [3.05, 3.63) is 42.0 Å². The van der Waals surface area contributed by atoms with Crippen LogP contribution in [0.15, 0.2) is 34.9 Å². The van der Waals surface area contributed by atoms with Crippen LogP contribution < -0.4 is 10.2 Å². The van der Waals surface area contributed by atoms with Crippen LogP contribution in [0.1, 0.15) is 24.3 Å². The molecule has 0 saturated carbocycles. The van der Waals surface area contributed by atoms with Gasteiger partial charge in [-0.15, -0.1) is 5.10 Å². The summed E-state index contributed by atoms with van der Waals surface area (Å²) < 4.78 is 11.3. The zero-order valence-electron chi connectivity index (χ0n) is 14.9. The molecule has 1 amide bonds. The number of carbonyl (C=O) groups excluding carboxylic acids is 1. The number of piperidine rings is 1. The number of hydrogen-bond acceptors (Lipinski definition) is 6. The average molecular weight is 356 g/mol. The van der Waals surface area contributed by atoms with Gasteiger partial charge >= 0.3 is 0 Å². The van der Waals surface area contributed by atoms with Gasteiger partial charge in [0.05, 0.1) is 24.6 Å². The lowest BCUT2D eigenvalue weighted by Crippen LogP contribution is -2.53. The van der Waals surface area contributed by atoms with Crippen molar-refractivity contribution in [1.82, 2.24) is 15.5 Å². The van der Waals surface area contributed by atoms with Gasteiger partial charge in [-0.2, -0.15) is 5.10 Å². The first-order valence-electron chi connectivity index (χ1n) is 9.17. The Morgan fingerprint density at radius 3 is 3.00 bits per heavy atom. The van der Waals surface area contributed by atoms with E-state index in [9.17, 15) is 4.79 Å². The fraction of sp³-hybridized carbons (Fsp3) is 0.526. The summed E-state index contributed by atoms with van der Waals surface area (Å²) in [4.78, 5) is 15.0. The van der Waals surface area contributed by atoms with Gasteiger partial charge in [-0.3, -0.25) is 4.79 Å². The Bertz CT molecular complexity index is 732. The van der Waals surface area contributed by atoms with Crippen LogP contribution in [-0.2, 0) is 16.1 Å². The van der Waals surface area contributed by atoms with Crippen molar-refractivity contribution in [2.75, 3.05) is 24.6 Å². The van der Waals surface area contributed by atoms with Crippen LogP contribution in [0.3, 0.4) is 0 Å². The van der Waals surface area contributed by atoms with E-state index in [0.29, 0.717) is 13.2 Å². The number of ether oxygens (including phenoxy) is 1. The zero-order valence-corrected chi connectivity index (χ0v) is 14.9. The van der Waals surface area contributed by atoms with Crippen LogP contribution in [-0.4, -0.2) is 41.9 Å². The number of carbonyl (C=O) groups is 1. The SMILES string of the molecule is Cc1ccc(N2CC[C@H]3OCC[C@@H](C(=O)NCc4ccco4)[C@@H]3C2)nn1. The molecule has 0 spiro atoms. The number of aromatic nitrogens is 2. The number of aryl methyl sites for hydroxylation is 1. The Kier molecular flexibility index (Phi) is 4.88. The van der Waals surface area contributed by atoms with Crippen LogP contribution in [0.25, 0.3) is 0 Å². The van der Waals surface area contributed by atoms with Gasteiger partial charge in [-0.05, 0) is 44.0 Å². The number of nitrogens with zero attached hydrogens (tertiary/aromatic N) is 3. The Labute approximate surface area is 152 Å². The molecule has 0 aromatic carbocycles. The number of amides is 1. The molecule has 0 radical (unpaired) electrons. The molecule has 7 nitrogen and oxygen atoms in total. The summed E-state index contributed by atoms with van der Waals surface area (Å²) in [5.74, 6) is 1.83. The second-order valence-electron chi connectivity index (χ2n) is 7.03. The Morgan fingerprint density at radius 1 is 1.31 bits per heavy atom. The molecule has 0 bridgehead atoms. The molecule has 7 heteroatoms. The summed E-state index contributed by atoms with van der Waals surface area (Å²) in [7, 11) is 0. The molecule has 2 aromatic rings. The summed E-state index contributed by atoms with van der Waals surface area (Å²) in [5.41, 5.74) is 0.903. The summed E-state index contributed by atoms with van der Waals surface area (Å²) >= 11 is 0. The first kappa shape index (κ1) is 17.0. The predicted molar refractivity (Wildman–Crippen MR) is 95.5 cm³/mol. The van der Waals surface area contributed by atoms with Crippen molar-refractivity contribution >= 4 is 11.7 Å². The maximum atomic E-state index is 12.8. The maximum Gasteiger partial charge on any atom is 0.224 e. The molecule has 2 saturated heterocycles. The summed E-state index contributed by atoms with van der Waals surface area (Å²) in [6.45, 7) is 4.64. The van der Waals surface area contributed by atoms with E-state index in [-0.39, 0.29) is 23.8 Å². The Morgan fingerprint density at radius 2 is 2.23 bits per heavy atom.